The molecule has 1 rings (SSSR count). The third-order valence-electron chi connectivity index (χ3n) is 2.06. The predicted octanol–water partition coefficient (Wildman–Crippen LogP) is 0.310. The predicted molar refractivity (Wildman–Crippen MR) is 63.3 cm³/mol. The SMILES string of the molecule is CCOc1ccccc1NCC(N)C(N)=O. The lowest BCUT2D eigenvalue weighted by Crippen LogP contribution is -2.41. The fourth-order valence-electron chi connectivity index (χ4n) is 1.21. The Kier molecular flexibility index (Phi) is 4.60. The van der Waals surface area contributed by atoms with Gasteiger partial charge in [0, 0.05) is 6.54 Å². The van der Waals surface area contributed by atoms with Gasteiger partial charge >= 0.3 is 0 Å². The molecule has 0 aliphatic rings. The Morgan fingerprint density at radius 2 is 2.19 bits per heavy atom. The monoisotopic (exact) mass is 223 g/mol. The number of carbonyl (C=O) groups excluding carboxylic acids is 1. The number of ether oxygens (including phenoxy) is 1. The minimum absolute atomic E-state index is 0.291. The highest BCUT2D eigenvalue weighted by Crippen LogP contribution is 2.23. The Morgan fingerprint density at radius 1 is 1.50 bits per heavy atom. The second-order valence-electron chi connectivity index (χ2n) is 3.32. The van der Waals surface area contributed by atoms with Crippen LogP contribution >= 0.6 is 0 Å². The molecule has 1 amide bonds. The Morgan fingerprint density at radius 3 is 2.81 bits per heavy atom. The van der Waals surface area contributed by atoms with E-state index < -0.39 is 11.9 Å². The van der Waals surface area contributed by atoms with Crippen molar-refractivity contribution in [3.05, 3.63) is 24.3 Å². The molecule has 0 saturated carbocycles. The van der Waals surface area contributed by atoms with E-state index in [1.807, 2.05) is 31.2 Å². The highest BCUT2D eigenvalue weighted by molar-refractivity contribution is 5.80. The maximum absolute atomic E-state index is 10.8. The summed E-state index contributed by atoms with van der Waals surface area (Å²) in [4.78, 5) is 10.8. The van der Waals surface area contributed by atoms with Crippen molar-refractivity contribution >= 4 is 11.6 Å². The van der Waals surface area contributed by atoms with E-state index in [1.54, 1.807) is 0 Å². The number of hydrogen-bond donors (Lipinski definition) is 3. The first-order valence-electron chi connectivity index (χ1n) is 5.15. The van der Waals surface area contributed by atoms with Gasteiger partial charge in [0.15, 0.2) is 0 Å². The van der Waals surface area contributed by atoms with Gasteiger partial charge in [-0.25, -0.2) is 0 Å². The maximum Gasteiger partial charge on any atom is 0.236 e. The van der Waals surface area contributed by atoms with Crippen molar-refractivity contribution in [2.24, 2.45) is 11.5 Å². The lowest BCUT2D eigenvalue weighted by atomic mass is 10.2. The van der Waals surface area contributed by atoms with E-state index in [9.17, 15) is 4.79 Å². The molecule has 0 radical (unpaired) electrons. The molecule has 0 saturated heterocycles. The second-order valence-corrected chi connectivity index (χ2v) is 3.32. The fraction of sp³-hybridized carbons (Fsp3) is 0.364. The molecule has 1 aromatic rings. The highest BCUT2D eigenvalue weighted by Gasteiger charge is 2.09. The van der Waals surface area contributed by atoms with E-state index in [0.717, 1.165) is 11.4 Å². The number of anilines is 1. The zero-order valence-electron chi connectivity index (χ0n) is 9.27. The molecule has 16 heavy (non-hydrogen) atoms. The number of nitrogens with one attached hydrogen (secondary N) is 1. The quantitative estimate of drug-likeness (QED) is 0.647. The molecule has 88 valence electrons. The lowest BCUT2D eigenvalue weighted by Gasteiger charge is -2.14. The van der Waals surface area contributed by atoms with Gasteiger partial charge in [0.25, 0.3) is 0 Å². The summed E-state index contributed by atoms with van der Waals surface area (Å²) in [7, 11) is 0. The molecule has 0 heterocycles. The Balaban J connectivity index is 2.62. The Bertz CT molecular complexity index is 355. The van der Waals surface area contributed by atoms with E-state index in [-0.39, 0.29) is 0 Å². The molecule has 0 bridgehead atoms. The molecule has 0 fully saturated rings. The van der Waals surface area contributed by atoms with Crippen molar-refractivity contribution in [2.75, 3.05) is 18.5 Å². The van der Waals surface area contributed by atoms with Gasteiger partial charge in [-0.3, -0.25) is 4.79 Å². The van der Waals surface area contributed by atoms with Gasteiger partial charge in [-0.05, 0) is 19.1 Å². The number of para-hydroxylation sites is 2. The zero-order chi connectivity index (χ0) is 12.0. The number of carbonyl (C=O) groups is 1. The van der Waals surface area contributed by atoms with Gasteiger partial charge in [-0.15, -0.1) is 0 Å². The number of benzene rings is 1. The van der Waals surface area contributed by atoms with Gasteiger partial charge in [0.1, 0.15) is 11.8 Å². The molecular weight excluding hydrogens is 206 g/mol. The highest BCUT2D eigenvalue weighted by atomic mass is 16.5. The van der Waals surface area contributed by atoms with Gasteiger partial charge in [-0.2, -0.15) is 0 Å². The summed E-state index contributed by atoms with van der Waals surface area (Å²) in [5.74, 6) is 0.211. The summed E-state index contributed by atoms with van der Waals surface area (Å²) in [6.45, 7) is 2.78. The molecule has 1 atom stereocenters. The van der Waals surface area contributed by atoms with Crippen LogP contribution in [0, 0.1) is 0 Å². The van der Waals surface area contributed by atoms with E-state index >= 15 is 0 Å². The summed E-state index contributed by atoms with van der Waals surface area (Å²) in [6.07, 6.45) is 0. The second kappa shape index (κ2) is 5.97. The molecule has 5 nitrogen and oxygen atoms in total. The van der Waals surface area contributed by atoms with Crippen molar-refractivity contribution < 1.29 is 9.53 Å². The normalized spacial score (nSPS) is 11.9. The third-order valence-corrected chi connectivity index (χ3v) is 2.06. The van der Waals surface area contributed by atoms with E-state index in [2.05, 4.69) is 5.32 Å². The molecule has 1 unspecified atom stereocenters. The Hall–Kier alpha value is -1.75. The topological polar surface area (TPSA) is 90.4 Å². The number of rotatable bonds is 6. The third kappa shape index (κ3) is 3.43. The van der Waals surface area contributed by atoms with Crippen molar-refractivity contribution in [1.82, 2.24) is 0 Å². The molecule has 0 spiro atoms. The van der Waals surface area contributed by atoms with Crippen LogP contribution in [0.1, 0.15) is 6.92 Å². The minimum atomic E-state index is -0.699. The first-order chi connectivity index (χ1) is 7.65. The summed E-state index contributed by atoms with van der Waals surface area (Å²) in [5, 5.41) is 3.03. The largest absolute Gasteiger partial charge is 0.492 e. The van der Waals surface area contributed by atoms with Crippen molar-refractivity contribution in [2.45, 2.75) is 13.0 Å². The summed E-state index contributed by atoms with van der Waals surface area (Å²) >= 11 is 0. The lowest BCUT2D eigenvalue weighted by molar-refractivity contribution is -0.118. The zero-order valence-corrected chi connectivity index (χ0v) is 9.27. The van der Waals surface area contributed by atoms with Gasteiger partial charge in [0.2, 0.25) is 5.91 Å². The summed E-state index contributed by atoms with van der Waals surface area (Å²) < 4.78 is 5.41. The average molecular weight is 223 g/mol. The number of nitrogens with two attached hydrogens (primary N) is 2. The van der Waals surface area contributed by atoms with Gasteiger partial charge in [0.05, 0.1) is 12.3 Å². The van der Waals surface area contributed by atoms with Gasteiger partial charge in [-0.1, -0.05) is 12.1 Å². The van der Waals surface area contributed by atoms with E-state index in [1.165, 1.54) is 0 Å². The van der Waals surface area contributed by atoms with Crippen molar-refractivity contribution in [1.29, 1.82) is 0 Å². The number of primary amides is 1. The molecule has 5 N–H and O–H groups in total. The molecule has 0 aliphatic carbocycles. The van der Waals surface area contributed by atoms with Crippen LogP contribution in [-0.4, -0.2) is 25.1 Å². The van der Waals surface area contributed by atoms with Crippen LogP contribution in [-0.2, 0) is 4.79 Å². The summed E-state index contributed by atoms with van der Waals surface area (Å²) in [5.41, 5.74) is 11.4. The molecular formula is C11H17N3O2. The van der Waals surface area contributed by atoms with Crippen LogP contribution in [0.3, 0.4) is 0 Å². The number of amides is 1. The molecule has 5 heteroatoms. The van der Waals surface area contributed by atoms with Crippen LogP contribution in [0.15, 0.2) is 24.3 Å². The first kappa shape index (κ1) is 12.3. The van der Waals surface area contributed by atoms with Crippen LogP contribution in [0.4, 0.5) is 5.69 Å². The smallest absolute Gasteiger partial charge is 0.236 e. The van der Waals surface area contributed by atoms with Gasteiger partial charge < -0.3 is 21.5 Å². The Labute approximate surface area is 94.8 Å². The van der Waals surface area contributed by atoms with Crippen LogP contribution in [0.2, 0.25) is 0 Å². The van der Waals surface area contributed by atoms with Crippen molar-refractivity contribution in [3.63, 3.8) is 0 Å². The van der Waals surface area contributed by atoms with E-state index in [4.69, 9.17) is 16.2 Å². The minimum Gasteiger partial charge on any atom is -0.492 e. The first-order valence-corrected chi connectivity index (χ1v) is 5.15. The molecule has 0 aromatic heterocycles. The van der Waals surface area contributed by atoms with E-state index in [0.29, 0.717) is 13.2 Å². The number of hydrogen-bond acceptors (Lipinski definition) is 4. The average Bonchev–Trinajstić information content (AvgIpc) is 2.27. The van der Waals surface area contributed by atoms with Crippen LogP contribution in [0.25, 0.3) is 0 Å². The van der Waals surface area contributed by atoms with Crippen molar-refractivity contribution in [3.8, 4) is 5.75 Å². The van der Waals surface area contributed by atoms with Crippen LogP contribution in [0.5, 0.6) is 5.75 Å². The molecule has 1 aromatic carbocycles. The fourth-order valence-corrected chi connectivity index (χ4v) is 1.21. The maximum atomic E-state index is 10.8. The standard InChI is InChI=1S/C11H17N3O2/c1-2-16-10-6-4-3-5-9(10)14-7-8(12)11(13)15/h3-6,8,14H,2,7,12H2,1H3,(H2,13,15). The van der Waals surface area contributed by atoms with Crippen LogP contribution < -0.4 is 21.5 Å². The summed E-state index contributed by atoms with van der Waals surface area (Å²) in [6, 6.07) is 6.76. The molecule has 0 aliphatic heterocycles.